The van der Waals surface area contributed by atoms with Crippen LogP contribution >= 0.6 is 0 Å². The monoisotopic (exact) mass is 404 g/mol. The molecule has 0 saturated heterocycles. The Bertz CT molecular complexity index is 1120. The van der Waals surface area contributed by atoms with Crippen molar-refractivity contribution in [2.75, 3.05) is 12.4 Å². The van der Waals surface area contributed by atoms with Gasteiger partial charge in [-0.2, -0.15) is 5.10 Å². The molecule has 2 N–H and O–H groups in total. The highest BCUT2D eigenvalue weighted by Gasteiger charge is 2.15. The molecule has 0 atom stereocenters. The van der Waals surface area contributed by atoms with Crippen LogP contribution in [-0.4, -0.2) is 29.7 Å². The van der Waals surface area contributed by atoms with E-state index >= 15 is 0 Å². The van der Waals surface area contributed by atoms with Crippen LogP contribution in [0.4, 0.5) is 5.69 Å². The zero-order valence-electron chi connectivity index (χ0n) is 17.4. The van der Waals surface area contributed by atoms with Gasteiger partial charge in [0.1, 0.15) is 5.75 Å². The Morgan fingerprint density at radius 3 is 2.50 bits per heavy atom. The number of aryl methyl sites for hydroxylation is 2. The topological polar surface area (TPSA) is 84.7 Å². The summed E-state index contributed by atoms with van der Waals surface area (Å²) in [6.45, 7) is 6.03. The van der Waals surface area contributed by atoms with Crippen LogP contribution in [0.1, 0.15) is 22.5 Å². The van der Waals surface area contributed by atoms with Gasteiger partial charge in [0.25, 0.3) is 0 Å². The average Bonchev–Trinajstić information content (AvgIpc) is 3.01. The molecular formula is C23H24N4O3. The predicted molar refractivity (Wildman–Crippen MR) is 117 cm³/mol. The molecule has 2 amide bonds. The first-order valence-electron chi connectivity index (χ1n) is 9.44. The number of hydrazone groups is 1. The molecule has 0 radical (unpaired) electrons. The van der Waals surface area contributed by atoms with Crippen LogP contribution in [-0.2, 0) is 9.59 Å². The number of nitrogens with one attached hydrogen (secondary N) is 2. The van der Waals surface area contributed by atoms with Crippen molar-refractivity contribution < 1.29 is 14.3 Å². The van der Waals surface area contributed by atoms with Gasteiger partial charge in [-0.1, -0.05) is 24.3 Å². The van der Waals surface area contributed by atoms with Crippen molar-refractivity contribution in [3.8, 4) is 11.4 Å². The lowest BCUT2D eigenvalue weighted by atomic mass is 10.2. The second kappa shape index (κ2) is 9.09. The van der Waals surface area contributed by atoms with Gasteiger partial charge in [-0.3, -0.25) is 9.59 Å². The molecule has 30 heavy (non-hydrogen) atoms. The highest BCUT2D eigenvalue weighted by Crippen LogP contribution is 2.23. The van der Waals surface area contributed by atoms with Crippen LogP contribution in [0.2, 0.25) is 0 Å². The standard InChI is InChI=1S/C23H24N4O3/c1-15-8-7-9-19(12-15)27-16(2)13-18(17(27)3)14-24-26-23(29)22(28)25-20-10-5-6-11-21(20)30-4/h5-14H,1-4H3,(H,25,28)(H,26,29)/b24-14-. The highest BCUT2D eigenvalue weighted by atomic mass is 16.5. The summed E-state index contributed by atoms with van der Waals surface area (Å²) < 4.78 is 7.27. The number of hydrogen-bond acceptors (Lipinski definition) is 4. The van der Waals surface area contributed by atoms with E-state index in [0.717, 1.165) is 22.6 Å². The number of rotatable bonds is 5. The lowest BCUT2D eigenvalue weighted by Gasteiger charge is -2.10. The Morgan fingerprint density at radius 1 is 1.00 bits per heavy atom. The van der Waals surface area contributed by atoms with Crippen molar-refractivity contribution in [3.05, 3.63) is 77.1 Å². The minimum Gasteiger partial charge on any atom is -0.495 e. The molecule has 154 valence electrons. The minimum absolute atomic E-state index is 0.408. The zero-order valence-corrected chi connectivity index (χ0v) is 17.4. The fourth-order valence-corrected chi connectivity index (χ4v) is 3.22. The Labute approximate surface area is 175 Å². The molecule has 0 aliphatic carbocycles. The molecule has 7 nitrogen and oxygen atoms in total. The summed E-state index contributed by atoms with van der Waals surface area (Å²) >= 11 is 0. The average molecular weight is 404 g/mol. The molecule has 1 heterocycles. The van der Waals surface area contributed by atoms with Crippen LogP contribution < -0.4 is 15.5 Å². The summed E-state index contributed by atoms with van der Waals surface area (Å²) in [6.07, 6.45) is 1.53. The van der Waals surface area contributed by atoms with E-state index in [1.54, 1.807) is 24.3 Å². The maximum atomic E-state index is 12.1. The van der Waals surface area contributed by atoms with Crippen LogP contribution in [0.5, 0.6) is 5.75 Å². The van der Waals surface area contributed by atoms with Crippen molar-refractivity contribution in [2.24, 2.45) is 5.10 Å². The number of amides is 2. The van der Waals surface area contributed by atoms with E-state index in [1.807, 2.05) is 45.0 Å². The lowest BCUT2D eigenvalue weighted by Crippen LogP contribution is -2.32. The normalized spacial score (nSPS) is 10.8. The summed E-state index contributed by atoms with van der Waals surface area (Å²) in [5.41, 5.74) is 7.77. The first kappa shape index (κ1) is 20.9. The number of hydrogen-bond donors (Lipinski definition) is 2. The number of methoxy groups -OCH3 is 1. The van der Waals surface area contributed by atoms with Gasteiger partial charge in [-0.15, -0.1) is 0 Å². The number of carbonyl (C=O) groups is 2. The van der Waals surface area contributed by atoms with E-state index in [1.165, 1.54) is 18.9 Å². The van der Waals surface area contributed by atoms with E-state index in [4.69, 9.17) is 4.74 Å². The highest BCUT2D eigenvalue weighted by molar-refractivity contribution is 6.39. The fraction of sp³-hybridized carbons (Fsp3) is 0.174. The number of benzene rings is 2. The fourth-order valence-electron chi connectivity index (χ4n) is 3.22. The Balaban J connectivity index is 1.69. The Kier molecular flexibility index (Phi) is 6.32. The van der Waals surface area contributed by atoms with Gasteiger partial charge in [0.15, 0.2) is 0 Å². The molecule has 3 aromatic rings. The van der Waals surface area contributed by atoms with Gasteiger partial charge in [-0.05, 0) is 56.7 Å². The van der Waals surface area contributed by atoms with Crippen molar-refractivity contribution in [1.82, 2.24) is 9.99 Å². The molecule has 7 heteroatoms. The molecule has 0 fully saturated rings. The van der Waals surface area contributed by atoms with Gasteiger partial charge in [0.2, 0.25) is 0 Å². The summed E-state index contributed by atoms with van der Waals surface area (Å²) in [7, 11) is 1.49. The predicted octanol–water partition coefficient (Wildman–Crippen LogP) is 3.50. The number of carbonyl (C=O) groups excluding carboxylic acids is 2. The summed E-state index contributed by atoms with van der Waals surface area (Å²) in [4.78, 5) is 24.2. The molecule has 0 spiro atoms. The van der Waals surface area contributed by atoms with Crippen LogP contribution in [0.25, 0.3) is 5.69 Å². The summed E-state index contributed by atoms with van der Waals surface area (Å²) in [5, 5.41) is 6.45. The van der Waals surface area contributed by atoms with Crippen LogP contribution in [0.3, 0.4) is 0 Å². The summed E-state index contributed by atoms with van der Waals surface area (Å²) in [6, 6.07) is 17.0. The Morgan fingerprint density at radius 2 is 1.77 bits per heavy atom. The number of ether oxygens (including phenoxy) is 1. The molecule has 0 unspecified atom stereocenters. The van der Waals surface area contributed by atoms with Crippen LogP contribution in [0.15, 0.2) is 59.7 Å². The van der Waals surface area contributed by atoms with Crippen molar-refractivity contribution in [3.63, 3.8) is 0 Å². The van der Waals surface area contributed by atoms with Gasteiger partial charge in [-0.25, -0.2) is 5.43 Å². The second-order valence-corrected chi connectivity index (χ2v) is 6.85. The van der Waals surface area contributed by atoms with Crippen molar-refractivity contribution in [1.29, 1.82) is 0 Å². The maximum Gasteiger partial charge on any atom is 0.329 e. The van der Waals surface area contributed by atoms with E-state index < -0.39 is 11.8 Å². The maximum absolute atomic E-state index is 12.1. The molecular weight excluding hydrogens is 380 g/mol. The lowest BCUT2D eigenvalue weighted by molar-refractivity contribution is -0.136. The summed E-state index contributed by atoms with van der Waals surface area (Å²) in [5.74, 6) is -1.24. The third-order valence-electron chi connectivity index (χ3n) is 4.66. The van der Waals surface area contributed by atoms with Gasteiger partial charge in [0.05, 0.1) is 19.0 Å². The van der Waals surface area contributed by atoms with E-state index in [-0.39, 0.29) is 0 Å². The first-order chi connectivity index (χ1) is 14.4. The van der Waals surface area contributed by atoms with Gasteiger partial charge < -0.3 is 14.6 Å². The van der Waals surface area contributed by atoms with Gasteiger partial charge in [0, 0.05) is 22.6 Å². The van der Waals surface area contributed by atoms with Crippen LogP contribution in [0, 0.1) is 20.8 Å². The number of aromatic nitrogens is 1. The molecule has 0 saturated carbocycles. The largest absolute Gasteiger partial charge is 0.495 e. The second-order valence-electron chi connectivity index (χ2n) is 6.85. The number of nitrogens with zero attached hydrogens (tertiary/aromatic N) is 2. The third kappa shape index (κ3) is 4.57. The van der Waals surface area contributed by atoms with Crippen molar-refractivity contribution >= 4 is 23.7 Å². The number of anilines is 1. The van der Waals surface area contributed by atoms with E-state index in [0.29, 0.717) is 11.4 Å². The SMILES string of the molecule is COc1ccccc1NC(=O)C(=O)N/N=C\c1cc(C)n(-c2cccc(C)c2)c1C. The quantitative estimate of drug-likeness (QED) is 0.388. The molecule has 0 bridgehead atoms. The molecule has 2 aromatic carbocycles. The van der Waals surface area contributed by atoms with Gasteiger partial charge >= 0.3 is 11.8 Å². The van der Waals surface area contributed by atoms with E-state index in [2.05, 4.69) is 26.5 Å². The Hall–Kier alpha value is -3.87. The smallest absolute Gasteiger partial charge is 0.329 e. The first-order valence-corrected chi connectivity index (χ1v) is 9.44. The third-order valence-corrected chi connectivity index (χ3v) is 4.66. The molecule has 3 rings (SSSR count). The number of para-hydroxylation sites is 2. The van der Waals surface area contributed by atoms with Crippen molar-refractivity contribution in [2.45, 2.75) is 20.8 Å². The molecule has 1 aromatic heterocycles. The molecule has 0 aliphatic rings. The minimum atomic E-state index is -0.871. The zero-order chi connectivity index (χ0) is 21.7. The molecule has 0 aliphatic heterocycles. The van der Waals surface area contributed by atoms with E-state index in [9.17, 15) is 9.59 Å².